The van der Waals surface area contributed by atoms with Crippen molar-refractivity contribution >= 4 is 0 Å². The zero-order valence-corrected chi connectivity index (χ0v) is 14.0. The molecule has 7 heteroatoms. The quantitative estimate of drug-likeness (QED) is 0.790. The van der Waals surface area contributed by atoms with Gasteiger partial charge in [0.1, 0.15) is 11.9 Å². The van der Waals surface area contributed by atoms with E-state index in [1.807, 2.05) is 50.4 Å². The van der Waals surface area contributed by atoms with E-state index in [0.717, 1.165) is 49.7 Å². The molecule has 1 atom stereocenters. The molecule has 1 aliphatic heterocycles. The Labute approximate surface area is 136 Å². The van der Waals surface area contributed by atoms with E-state index in [9.17, 15) is 0 Å². The highest BCUT2D eigenvalue weighted by Crippen LogP contribution is 2.20. The number of hydrogen-bond acceptors (Lipinski definition) is 6. The third-order valence-electron chi connectivity index (χ3n) is 3.99. The minimum Gasteiger partial charge on any atom is -0.489 e. The van der Waals surface area contributed by atoms with Crippen LogP contribution in [-0.4, -0.2) is 63.1 Å². The average molecular weight is 316 g/mol. The first-order chi connectivity index (χ1) is 11.1. The number of likely N-dealkylation sites (tertiary alicyclic amines) is 1. The second kappa shape index (κ2) is 7.06. The monoisotopic (exact) mass is 316 g/mol. The van der Waals surface area contributed by atoms with Crippen molar-refractivity contribution in [2.45, 2.75) is 25.6 Å². The van der Waals surface area contributed by atoms with Crippen LogP contribution in [0.2, 0.25) is 0 Å². The second-order valence-corrected chi connectivity index (χ2v) is 6.33. The Hall–Kier alpha value is -1.99. The summed E-state index contributed by atoms with van der Waals surface area (Å²) in [6.07, 6.45) is 4.91. The van der Waals surface area contributed by atoms with Gasteiger partial charge in [-0.1, -0.05) is 5.21 Å². The van der Waals surface area contributed by atoms with Crippen LogP contribution in [0.1, 0.15) is 17.8 Å². The largest absolute Gasteiger partial charge is 0.489 e. The number of nitrogens with zero attached hydrogens (tertiary/aromatic N) is 6. The molecule has 1 aliphatic rings. The molecule has 1 fully saturated rings. The van der Waals surface area contributed by atoms with Crippen molar-refractivity contribution in [1.29, 1.82) is 0 Å². The van der Waals surface area contributed by atoms with Crippen LogP contribution >= 0.6 is 0 Å². The van der Waals surface area contributed by atoms with Crippen LogP contribution in [0, 0.1) is 0 Å². The fourth-order valence-electron chi connectivity index (χ4n) is 2.85. The Balaban J connectivity index is 1.54. The summed E-state index contributed by atoms with van der Waals surface area (Å²) in [6, 6.07) is 3.97. The van der Waals surface area contributed by atoms with Crippen molar-refractivity contribution < 1.29 is 4.74 Å². The molecule has 124 valence electrons. The minimum absolute atomic E-state index is 0.228. The number of aryl methyl sites for hydroxylation is 1. The summed E-state index contributed by atoms with van der Waals surface area (Å²) < 4.78 is 7.96. The van der Waals surface area contributed by atoms with E-state index in [4.69, 9.17) is 4.74 Å². The van der Waals surface area contributed by atoms with Crippen LogP contribution in [0.3, 0.4) is 0 Å². The fourth-order valence-corrected chi connectivity index (χ4v) is 2.85. The van der Waals surface area contributed by atoms with Gasteiger partial charge in [0.25, 0.3) is 0 Å². The Bertz CT molecular complexity index is 641. The molecule has 3 rings (SSSR count). The normalized spacial score (nSPS) is 18.7. The van der Waals surface area contributed by atoms with E-state index < -0.39 is 0 Å². The van der Waals surface area contributed by atoms with Crippen molar-refractivity contribution in [3.8, 4) is 5.75 Å². The number of aromatic nitrogens is 4. The topological polar surface area (TPSA) is 59.3 Å². The highest BCUT2D eigenvalue weighted by atomic mass is 16.5. The van der Waals surface area contributed by atoms with Gasteiger partial charge < -0.3 is 9.64 Å². The first kappa shape index (κ1) is 15.9. The lowest BCUT2D eigenvalue weighted by atomic mass is 10.3. The molecule has 0 aromatic carbocycles. The van der Waals surface area contributed by atoms with Crippen LogP contribution in [-0.2, 0) is 20.1 Å². The molecule has 7 nitrogen and oxygen atoms in total. The van der Waals surface area contributed by atoms with Gasteiger partial charge in [0, 0.05) is 45.5 Å². The fraction of sp³-hybridized carbons (Fsp3) is 0.562. The van der Waals surface area contributed by atoms with Crippen LogP contribution in [0.25, 0.3) is 0 Å². The average Bonchev–Trinajstić information content (AvgIpc) is 3.09. The van der Waals surface area contributed by atoms with Crippen LogP contribution in [0.15, 0.2) is 24.5 Å². The van der Waals surface area contributed by atoms with Gasteiger partial charge in [0.2, 0.25) is 0 Å². The third kappa shape index (κ3) is 4.27. The number of rotatable bonds is 6. The maximum atomic E-state index is 6.14. The zero-order chi connectivity index (χ0) is 16.2. The summed E-state index contributed by atoms with van der Waals surface area (Å²) in [6.45, 7) is 3.65. The maximum Gasteiger partial charge on any atom is 0.123 e. The summed E-state index contributed by atoms with van der Waals surface area (Å²) in [5.41, 5.74) is 2.16. The molecule has 0 bridgehead atoms. The van der Waals surface area contributed by atoms with E-state index in [1.165, 1.54) is 0 Å². The first-order valence-electron chi connectivity index (χ1n) is 7.92. The second-order valence-electron chi connectivity index (χ2n) is 6.33. The van der Waals surface area contributed by atoms with Crippen LogP contribution in [0.4, 0.5) is 0 Å². The molecule has 3 heterocycles. The molecule has 23 heavy (non-hydrogen) atoms. The molecule has 1 saturated heterocycles. The van der Waals surface area contributed by atoms with Gasteiger partial charge in [-0.15, -0.1) is 5.10 Å². The van der Waals surface area contributed by atoms with E-state index in [0.29, 0.717) is 0 Å². The van der Waals surface area contributed by atoms with Gasteiger partial charge in [0.05, 0.1) is 17.6 Å². The summed E-state index contributed by atoms with van der Waals surface area (Å²) in [7, 11) is 6.00. The molecule has 0 amide bonds. The Morgan fingerprint density at radius 2 is 2.26 bits per heavy atom. The first-order valence-corrected chi connectivity index (χ1v) is 7.92. The van der Waals surface area contributed by atoms with Gasteiger partial charge in [-0.3, -0.25) is 14.6 Å². The highest BCUT2D eigenvalue weighted by Gasteiger charge is 2.24. The third-order valence-corrected chi connectivity index (χ3v) is 3.99. The Morgan fingerprint density at radius 1 is 1.39 bits per heavy atom. The molecule has 0 N–H and O–H groups in total. The summed E-state index contributed by atoms with van der Waals surface area (Å²) >= 11 is 0. The number of hydrogen-bond donors (Lipinski definition) is 0. The molecule has 1 unspecified atom stereocenters. The van der Waals surface area contributed by atoms with Crippen molar-refractivity contribution in [3.63, 3.8) is 0 Å². The van der Waals surface area contributed by atoms with E-state index >= 15 is 0 Å². The predicted octanol–water partition coefficient (Wildman–Crippen LogP) is 0.925. The Morgan fingerprint density at radius 3 is 3.00 bits per heavy atom. The summed E-state index contributed by atoms with van der Waals surface area (Å²) in [4.78, 5) is 8.86. The lowest BCUT2D eigenvalue weighted by Gasteiger charge is -2.17. The molecule has 0 saturated carbocycles. The van der Waals surface area contributed by atoms with Crippen LogP contribution in [0.5, 0.6) is 5.75 Å². The van der Waals surface area contributed by atoms with E-state index in [1.54, 1.807) is 0 Å². The molecule has 0 radical (unpaired) electrons. The highest BCUT2D eigenvalue weighted by molar-refractivity contribution is 5.23. The molecule has 2 aromatic rings. The number of pyridine rings is 1. The lowest BCUT2D eigenvalue weighted by Crippen LogP contribution is -2.25. The standard InChI is InChI=1S/C16H24N6O/c1-20(2)10-13-8-15(4-6-17-13)23-16-5-7-22(12-16)11-14-9-18-19-21(14)3/h4,6,8-9,16H,5,7,10-12H2,1-3H3. The summed E-state index contributed by atoms with van der Waals surface area (Å²) in [5, 5.41) is 7.90. The SMILES string of the molecule is CN(C)Cc1cc(OC2CCN(Cc3cnnn3C)C2)ccn1. The molecular weight excluding hydrogens is 292 g/mol. The van der Waals surface area contributed by atoms with Gasteiger partial charge in [-0.25, -0.2) is 0 Å². The smallest absolute Gasteiger partial charge is 0.123 e. The van der Waals surface area contributed by atoms with Gasteiger partial charge in [0.15, 0.2) is 0 Å². The van der Waals surface area contributed by atoms with Gasteiger partial charge in [-0.05, 0) is 26.6 Å². The van der Waals surface area contributed by atoms with Gasteiger partial charge in [-0.2, -0.15) is 0 Å². The Kier molecular flexibility index (Phi) is 4.88. The zero-order valence-electron chi connectivity index (χ0n) is 14.0. The van der Waals surface area contributed by atoms with Crippen molar-refractivity contribution in [3.05, 3.63) is 35.9 Å². The van der Waals surface area contributed by atoms with Crippen molar-refractivity contribution in [2.24, 2.45) is 7.05 Å². The van der Waals surface area contributed by atoms with E-state index in [2.05, 4.69) is 25.1 Å². The lowest BCUT2D eigenvalue weighted by molar-refractivity contribution is 0.196. The van der Waals surface area contributed by atoms with E-state index in [-0.39, 0.29) is 6.10 Å². The predicted molar refractivity (Wildman–Crippen MR) is 86.9 cm³/mol. The molecule has 0 aliphatic carbocycles. The van der Waals surface area contributed by atoms with Gasteiger partial charge >= 0.3 is 0 Å². The molecule has 0 spiro atoms. The molecule has 2 aromatic heterocycles. The number of ether oxygens (including phenoxy) is 1. The molecular formula is C16H24N6O. The van der Waals surface area contributed by atoms with Crippen LogP contribution < -0.4 is 4.74 Å². The van der Waals surface area contributed by atoms with Crippen molar-refractivity contribution in [2.75, 3.05) is 27.2 Å². The maximum absolute atomic E-state index is 6.14. The summed E-state index contributed by atoms with van der Waals surface area (Å²) in [5.74, 6) is 0.908. The minimum atomic E-state index is 0.228. The van der Waals surface area contributed by atoms with Crippen molar-refractivity contribution in [1.82, 2.24) is 29.8 Å².